The van der Waals surface area contributed by atoms with Crippen LogP contribution in [0.25, 0.3) is 33.6 Å². The van der Waals surface area contributed by atoms with Crippen LogP contribution in [0.3, 0.4) is 0 Å². The smallest absolute Gasteiger partial charge is 0.271 e. The maximum Gasteiger partial charge on any atom is 0.271 e. The number of piperidine rings is 1. The molecule has 0 spiro atoms. The lowest BCUT2D eigenvalue weighted by Gasteiger charge is -2.34. The number of H-pyrrole nitrogens is 1. The van der Waals surface area contributed by atoms with E-state index >= 15 is 0 Å². The molecule has 226 valence electrons. The van der Waals surface area contributed by atoms with Crippen LogP contribution in [-0.2, 0) is 0 Å². The Hall–Kier alpha value is -4.68. The number of benzene rings is 3. The molecule has 9 nitrogen and oxygen atoms in total. The van der Waals surface area contributed by atoms with Crippen LogP contribution in [0.15, 0.2) is 71.1 Å². The van der Waals surface area contributed by atoms with Crippen LogP contribution in [0.1, 0.15) is 45.2 Å². The van der Waals surface area contributed by atoms with Crippen molar-refractivity contribution in [2.75, 3.05) is 31.5 Å². The van der Waals surface area contributed by atoms with Gasteiger partial charge in [-0.25, -0.2) is 8.78 Å². The molecule has 5 aromatic rings. The van der Waals surface area contributed by atoms with Gasteiger partial charge < -0.3 is 19.2 Å². The van der Waals surface area contributed by atoms with Crippen molar-refractivity contribution in [1.82, 2.24) is 20.4 Å². The van der Waals surface area contributed by atoms with Crippen molar-refractivity contribution in [1.29, 1.82) is 0 Å². The molecule has 1 aliphatic heterocycles. The Bertz CT molecular complexity index is 1840. The molecule has 6 rings (SSSR count). The predicted molar refractivity (Wildman–Crippen MR) is 165 cm³/mol. The van der Waals surface area contributed by atoms with Gasteiger partial charge in [-0.15, -0.1) is 0 Å². The number of likely N-dealkylation sites (tertiary alicyclic amines) is 1. The highest BCUT2D eigenvalue weighted by atomic mass is 32.2. The first-order chi connectivity index (χ1) is 21.3. The summed E-state index contributed by atoms with van der Waals surface area (Å²) in [5.74, 6) is -1.15. The predicted octanol–water partition coefficient (Wildman–Crippen LogP) is 6.70. The number of aromatic nitrogens is 2. The number of hydrogen-bond acceptors (Lipinski definition) is 7. The molecule has 0 aliphatic carbocycles. The van der Waals surface area contributed by atoms with E-state index in [1.54, 1.807) is 52.7 Å². The van der Waals surface area contributed by atoms with E-state index in [2.05, 4.69) is 15.5 Å². The van der Waals surface area contributed by atoms with Crippen molar-refractivity contribution in [3.8, 4) is 22.6 Å². The molecule has 44 heavy (non-hydrogen) atoms. The minimum Gasteiger partial charge on any atom is -0.455 e. The molecule has 0 saturated carbocycles. The summed E-state index contributed by atoms with van der Waals surface area (Å²) in [7, 11) is 3.24. The average Bonchev–Trinajstić information content (AvgIpc) is 3.69. The van der Waals surface area contributed by atoms with Gasteiger partial charge in [0.1, 0.15) is 40.9 Å². The van der Waals surface area contributed by atoms with Gasteiger partial charge in [0, 0.05) is 55.7 Å². The first-order valence-corrected chi connectivity index (χ1v) is 14.7. The van der Waals surface area contributed by atoms with Crippen molar-refractivity contribution in [3.05, 3.63) is 95.2 Å². The van der Waals surface area contributed by atoms with Crippen LogP contribution in [0.2, 0.25) is 0 Å². The van der Waals surface area contributed by atoms with Crippen molar-refractivity contribution in [3.63, 3.8) is 0 Å². The number of carbonyl (C=O) groups excluding carboxylic acids is 2. The molecule has 1 fully saturated rings. The van der Waals surface area contributed by atoms with E-state index < -0.39 is 5.82 Å². The van der Waals surface area contributed by atoms with Crippen LogP contribution in [0.5, 0.6) is 0 Å². The summed E-state index contributed by atoms with van der Waals surface area (Å²) in [5.41, 5.74) is 4.35. The third kappa shape index (κ3) is 5.53. The quantitative estimate of drug-likeness (QED) is 0.137. The Morgan fingerprint density at radius 2 is 1.75 bits per heavy atom. The summed E-state index contributed by atoms with van der Waals surface area (Å²) < 4.78 is 44.8. The topological polar surface area (TPSA) is 115 Å². The number of aromatic amines is 1. The average molecular weight is 618 g/mol. The van der Waals surface area contributed by atoms with Gasteiger partial charge in [0.25, 0.3) is 11.8 Å². The van der Waals surface area contributed by atoms with Crippen LogP contribution >= 0.6 is 12.2 Å². The highest BCUT2D eigenvalue weighted by molar-refractivity contribution is 7.95. The van der Waals surface area contributed by atoms with E-state index in [4.69, 9.17) is 4.42 Å². The summed E-state index contributed by atoms with van der Waals surface area (Å²) in [6.07, 6.45) is 1.51. The van der Waals surface area contributed by atoms with E-state index in [0.717, 1.165) is 18.4 Å². The molecule has 2 amide bonds. The summed E-state index contributed by atoms with van der Waals surface area (Å²) in [6.45, 7) is 0.941. The molecular weight excluding hydrogens is 588 g/mol. The van der Waals surface area contributed by atoms with Gasteiger partial charge in [0.2, 0.25) is 0 Å². The highest BCUT2D eigenvalue weighted by Crippen LogP contribution is 2.42. The number of nitrogens with one attached hydrogen (secondary N) is 2. The second-order valence-electron chi connectivity index (χ2n) is 10.6. The molecule has 1 aliphatic rings. The Morgan fingerprint density at radius 3 is 2.41 bits per heavy atom. The van der Waals surface area contributed by atoms with Crippen molar-refractivity contribution < 1.29 is 27.3 Å². The van der Waals surface area contributed by atoms with Gasteiger partial charge in [0.15, 0.2) is 0 Å². The number of anilines is 1. The van der Waals surface area contributed by atoms with Gasteiger partial charge in [0.05, 0.1) is 16.9 Å². The van der Waals surface area contributed by atoms with Crippen molar-refractivity contribution in [2.45, 2.75) is 18.8 Å². The molecule has 0 unspecified atom stereocenters. The Balaban J connectivity index is 1.36. The first kappa shape index (κ1) is 29.4. The summed E-state index contributed by atoms with van der Waals surface area (Å²) in [6, 6.07) is 16.9. The molecule has 0 radical (unpaired) electrons. The summed E-state index contributed by atoms with van der Waals surface area (Å²) in [5, 5.41) is 10.3. The third-order valence-corrected chi connectivity index (χ3v) is 8.40. The zero-order chi connectivity index (χ0) is 31.0. The summed E-state index contributed by atoms with van der Waals surface area (Å²) >= 11 is 0.543. The maximum atomic E-state index is 13.7. The van der Waals surface area contributed by atoms with Gasteiger partial charge >= 0.3 is 0 Å². The Kier molecular flexibility index (Phi) is 8.11. The number of carbonyl (C=O) groups is 2. The molecule has 1 atom stereocenters. The van der Waals surface area contributed by atoms with Crippen molar-refractivity contribution in [2.24, 2.45) is 0 Å². The number of fused-ring (bicyclic) bond motifs is 1. The molecular formula is C32H29F2N5O4S. The van der Waals surface area contributed by atoms with Gasteiger partial charge in [-0.2, -0.15) is 5.10 Å². The standard InChI is InChI=1S/C32H29F2N5O4S/c1-35-31(40)29-24-14-23(27(38(2)44-42)16-28(24)43-30(29)19-7-11-22(34)12-8-19)20-4-3-13-39(17-20)32(41)26-15-25(36-37-26)18-5-9-21(33)10-6-18/h5-12,14-16,20,42H,3-4,13,17H2,1-2H3,(H,35,40)(H,36,37)/t20-/m1/s1. The van der Waals surface area contributed by atoms with E-state index in [0.29, 0.717) is 75.8 Å². The normalized spacial score (nSPS) is 15.0. The van der Waals surface area contributed by atoms with Gasteiger partial charge in [-0.1, -0.05) is 0 Å². The zero-order valence-electron chi connectivity index (χ0n) is 23.9. The summed E-state index contributed by atoms with van der Waals surface area (Å²) in [4.78, 5) is 28.5. The van der Waals surface area contributed by atoms with E-state index in [9.17, 15) is 22.9 Å². The van der Waals surface area contributed by atoms with Crippen LogP contribution in [-0.4, -0.2) is 58.6 Å². The number of amides is 2. The van der Waals surface area contributed by atoms with Crippen LogP contribution < -0.4 is 9.62 Å². The van der Waals surface area contributed by atoms with Crippen molar-refractivity contribution >= 4 is 40.7 Å². The second kappa shape index (κ2) is 12.1. The SMILES string of the molecule is CNC(=O)c1c(-c2ccc(F)cc2)oc2cc(N(C)SO)c([C@@H]3CCCN(C(=O)c4cc(-c5ccc(F)cc5)n[nH]4)C3)cc12. The van der Waals surface area contributed by atoms with Crippen LogP contribution in [0.4, 0.5) is 14.5 Å². The fraction of sp³-hybridized carbons (Fsp3) is 0.219. The monoisotopic (exact) mass is 617 g/mol. The van der Waals surface area contributed by atoms with E-state index in [1.165, 1.54) is 31.3 Å². The first-order valence-electron chi connectivity index (χ1n) is 14.0. The van der Waals surface area contributed by atoms with Gasteiger partial charge in [-0.3, -0.25) is 19.0 Å². The number of rotatable bonds is 7. The fourth-order valence-corrected chi connectivity index (χ4v) is 5.98. The second-order valence-corrected chi connectivity index (χ2v) is 11.4. The minimum absolute atomic E-state index is 0.122. The number of nitrogens with zero attached hydrogens (tertiary/aromatic N) is 3. The fourth-order valence-electron chi connectivity index (χ4n) is 5.73. The van der Waals surface area contributed by atoms with E-state index in [-0.39, 0.29) is 23.5 Å². The molecule has 3 N–H and O–H groups in total. The number of halogens is 2. The maximum absolute atomic E-state index is 13.7. The Morgan fingerprint density at radius 1 is 1.07 bits per heavy atom. The third-order valence-electron chi connectivity index (χ3n) is 7.96. The van der Waals surface area contributed by atoms with E-state index in [1.807, 2.05) is 6.07 Å². The minimum atomic E-state index is -0.407. The zero-order valence-corrected chi connectivity index (χ0v) is 24.8. The lowest BCUT2D eigenvalue weighted by molar-refractivity contribution is 0.0701. The molecule has 1 saturated heterocycles. The largest absolute Gasteiger partial charge is 0.455 e. The van der Waals surface area contributed by atoms with Crippen LogP contribution in [0, 0.1) is 11.6 Å². The number of furan rings is 1. The Labute approximate surface area is 256 Å². The lowest BCUT2D eigenvalue weighted by atomic mass is 9.88. The molecule has 0 bridgehead atoms. The highest BCUT2D eigenvalue weighted by Gasteiger charge is 2.31. The molecule has 3 aromatic carbocycles. The molecule has 3 heterocycles. The molecule has 2 aromatic heterocycles. The number of hydrogen-bond donors (Lipinski definition) is 3. The molecule has 12 heteroatoms. The lowest BCUT2D eigenvalue weighted by Crippen LogP contribution is -2.39. The van der Waals surface area contributed by atoms with Gasteiger partial charge in [-0.05, 0) is 79.1 Å².